The third kappa shape index (κ3) is 2.88. The summed E-state index contributed by atoms with van der Waals surface area (Å²) in [6.45, 7) is 1.80. The van der Waals surface area contributed by atoms with Crippen LogP contribution in [0.3, 0.4) is 0 Å². The van der Waals surface area contributed by atoms with Crippen molar-refractivity contribution in [1.29, 1.82) is 0 Å². The fourth-order valence-corrected chi connectivity index (χ4v) is 2.05. The van der Waals surface area contributed by atoms with Crippen molar-refractivity contribution in [3.05, 3.63) is 60.2 Å². The molecule has 0 radical (unpaired) electrons. The molecule has 0 fully saturated rings. The quantitative estimate of drug-likeness (QED) is 0.548. The molecular weight excluding hydrogens is 280 g/mol. The first kappa shape index (κ1) is 14.0. The molecule has 22 heavy (non-hydrogen) atoms. The molecule has 0 N–H and O–H groups in total. The van der Waals surface area contributed by atoms with Crippen molar-refractivity contribution in [2.75, 3.05) is 7.11 Å². The minimum atomic E-state index is -0.533. The zero-order valence-electron chi connectivity index (χ0n) is 12.2. The Hall–Kier alpha value is -2.95. The molecule has 0 atom stereocenters. The van der Waals surface area contributed by atoms with Gasteiger partial charge in [0, 0.05) is 6.20 Å². The van der Waals surface area contributed by atoms with Crippen LogP contribution in [0, 0.1) is 6.92 Å². The average molecular weight is 294 g/mol. The van der Waals surface area contributed by atoms with Crippen LogP contribution in [0.1, 0.15) is 16.2 Å². The van der Waals surface area contributed by atoms with Gasteiger partial charge in [0.05, 0.1) is 19.0 Å². The number of esters is 1. The molecule has 3 rings (SSSR count). The normalized spacial score (nSPS) is 10.5. The fraction of sp³-hybridized carbons (Fsp3) is 0.118. The molecule has 0 aliphatic heterocycles. The summed E-state index contributed by atoms with van der Waals surface area (Å²) in [6.07, 6.45) is 2.93. The van der Waals surface area contributed by atoms with Crippen LogP contribution in [0.5, 0.6) is 11.5 Å². The van der Waals surface area contributed by atoms with E-state index in [1.54, 1.807) is 26.2 Å². The Kier molecular flexibility index (Phi) is 3.70. The van der Waals surface area contributed by atoms with Crippen LogP contribution in [0.4, 0.5) is 0 Å². The minimum Gasteiger partial charge on any atom is -0.497 e. The van der Waals surface area contributed by atoms with Gasteiger partial charge < -0.3 is 9.47 Å². The Labute approximate surface area is 127 Å². The van der Waals surface area contributed by atoms with Crippen molar-refractivity contribution < 1.29 is 14.3 Å². The van der Waals surface area contributed by atoms with E-state index in [0.717, 1.165) is 22.2 Å². The SMILES string of the molecule is COc1ccc2ccc(OC(=O)c3cnc(C)cn3)cc2c1. The largest absolute Gasteiger partial charge is 0.497 e. The summed E-state index contributed by atoms with van der Waals surface area (Å²) in [5, 5.41) is 1.97. The van der Waals surface area contributed by atoms with Crippen molar-refractivity contribution in [1.82, 2.24) is 9.97 Å². The Morgan fingerprint density at radius 1 is 0.955 bits per heavy atom. The Morgan fingerprint density at radius 2 is 1.68 bits per heavy atom. The molecule has 1 aromatic heterocycles. The highest BCUT2D eigenvalue weighted by atomic mass is 16.5. The van der Waals surface area contributed by atoms with Crippen molar-refractivity contribution in [3.8, 4) is 11.5 Å². The number of methoxy groups -OCH3 is 1. The molecule has 0 amide bonds. The van der Waals surface area contributed by atoms with Gasteiger partial charge in [-0.1, -0.05) is 12.1 Å². The molecule has 0 aliphatic carbocycles. The summed E-state index contributed by atoms with van der Waals surface area (Å²) in [5.41, 5.74) is 0.922. The van der Waals surface area contributed by atoms with Crippen molar-refractivity contribution in [2.45, 2.75) is 6.92 Å². The molecule has 0 saturated heterocycles. The van der Waals surface area contributed by atoms with Gasteiger partial charge in [0.25, 0.3) is 0 Å². The lowest BCUT2D eigenvalue weighted by atomic mass is 10.1. The lowest BCUT2D eigenvalue weighted by Crippen LogP contribution is -2.11. The molecule has 1 heterocycles. The maximum absolute atomic E-state index is 12.0. The van der Waals surface area contributed by atoms with Crippen molar-refractivity contribution in [2.24, 2.45) is 0 Å². The molecular formula is C17H14N2O3. The van der Waals surface area contributed by atoms with Gasteiger partial charge in [-0.25, -0.2) is 9.78 Å². The number of rotatable bonds is 3. The highest BCUT2D eigenvalue weighted by molar-refractivity contribution is 5.90. The summed E-state index contributed by atoms with van der Waals surface area (Å²) < 4.78 is 10.5. The van der Waals surface area contributed by atoms with Crippen LogP contribution in [0.15, 0.2) is 48.8 Å². The second-order valence-electron chi connectivity index (χ2n) is 4.81. The number of hydrogen-bond donors (Lipinski definition) is 0. The Morgan fingerprint density at radius 3 is 2.36 bits per heavy atom. The van der Waals surface area contributed by atoms with Crippen molar-refractivity contribution >= 4 is 16.7 Å². The van der Waals surface area contributed by atoms with Crippen LogP contribution >= 0.6 is 0 Å². The standard InChI is InChI=1S/C17H14N2O3/c1-11-9-19-16(10-18-11)17(20)22-15-6-4-12-3-5-14(21-2)7-13(12)8-15/h3-10H,1-2H3. The van der Waals surface area contributed by atoms with E-state index in [2.05, 4.69) is 9.97 Å². The first-order valence-corrected chi connectivity index (χ1v) is 6.74. The van der Waals surface area contributed by atoms with E-state index >= 15 is 0 Å². The maximum atomic E-state index is 12.0. The molecule has 0 aliphatic rings. The number of nitrogens with zero attached hydrogens (tertiary/aromatic N) is 2. The van der Waals surface area contributed by atoms with E-state index in [1.807, 2.05) is 24.3 Å². The van der Waals surface area contributed by atoms with Gasteiger partial charge in [0.1, 0.15) is 11.5 Å². The molecule has 3 aromatic rings. The van der Waals surface area contributed by atoms with Gasteiger partial charge in [0.15, 0.2) is 5.69 Å². The number of carbonyl (C=O) groups excluding carboxylic acids is 1. The first-order valence-electron chi connectivity index (χ1n) is 6.74. The number of hydrogen-bond acceptors (Lipinski definition) is 5. The fourth-order valence-electron chi connectivity index (χ4n) is 2.05. The van der Waals surface area contributed by atoms with Crippen LogP contribution < -0.4 is 9.47 Å². The van der Waals surface area contributed by atoms with Gasteiger partial charge in [-0.2, -0.15) is 0 Å². The van der Waals surface area contributed by atoms with Crippen LogP contribution in [-0.2, 0) is 0 Å². The van der Waals surface area contributed by atoms with E-state index in [1.165, 1.54) is 12.4 Å². The monoisotopic (exact) mass is 294 g/mol. The van der Waals surface area contributed by atoms with E-state index in [0.29, 0.717) is 5.75 Å². The zero-order chi connectivity index (χ0) is 15.5. The third-order valence-corrected chi connectivity index (χ3v) is 3.22. The molecule has 0 spiro atoms. The number of aromatic nitrogens is 2. The number of fused-ring (bicyclic) bond motifs is 1. The lowest BCUT2D eigenvalue weighted by Gasteiger charge is -2.06. The molecule has 2 aromatic carbocycles. The smallest absolute Gasteiger partial charge is 0.363 e. The summed E-state index contributed by atoms with van der Waals surface area (Å²) >= 11 is 0. The topological polar surface area (TPSA) is 61.3 Å². The average Bonchev–Trinajstić information content (AvgIpc) is 2.54. The zero-order valence-corrected chi connectivity index (χ0v) is 12.2. The minimum absolute atomic E-state index is 0.177. The number of carbonyl (C=O) groups is 1. The number of ether oxygens (including phenoxy) is 2. The van der Waals surface area contributed by atoms with E-state index < -0.39 is 5.97 Å². The number of benzene rings is 2. The van der Waals surface area contributed by atoms with Crippen LogP contribution in [-0.4, -0.2) is 23.0 Å². The van der Waals surface area contributed by atoms with E-state index in [-0.39, 0.29) is 5.69 Å². The first-order chi connectivity index (χ1) is 10.7. The van der Waals surface area contributed by atoms with Crippen molar-refractivity contribution in [3.63, 3.8) is 0 Å². The maximum Gasteiger partial charge on any atom is 0.363 e. The molecule has 5 heteroatoms. The number of aryl methyl sites for hydroxylation is 1. The van der Waals surface area contributed by atoms with Crippen LogP contribution in [0.2, 0.25) is 0 Å². The van der Waals surface area contributed by atoms with Gasteiger partial charge in [-0.05, 0) is 42.0 Å². The second-order valence-corrected chi connectivity index (χ2v) is 4.81. The summed E-state index contributed by atoms with van der Waals surface area (Å²) in [6, 6.07) is 11.1. The molecule has 0 bridgehead atoms. The molecule has 0 saturated carbocycles. The molecule has 0 unspecified atom stereocenters. The highest BCUT2D eigenvalue weighted by Gasteiger charge is 2.11. The van der Waals surface area contributed by atoms with Gasteiger partial charge >= 0.3 is 5.97 Å². The van der Waals surface area contributed by atoms with E-state index in [9.17, 15) is 4.79 Å². The predicted molar refractivity (Wildman–Crippen MR) is 82.2 cm³/mol. The third-order valence-electron chi connectivity index (χ3n) is 3.22. The Bertz CT molecular complexity index is 829. The van der Waals surface area contributed by atoms with Gasteiger partial charge in [0.2, 0.25) is 0 Å². The van der Waals surface area contributed by atoms with Gasteiger partial charge in [-0.3, -0.25) is 4.98 Å². The second kappa shape index (κ2) is 5.81. The highest BCUT2D eigenvalue weighted by Crippen LogP contribution is 2.25. The van der Waals surface area contributed by atoms with Gasteiger partial charge in [-0.15, -0.1) is 0 Å². The molecule has 5 nitrogen and oxygen atoms in total. The molecule has 110 valence electrons. The van der Waals surface area contributed by atoms with E-state index in [4.69, 9.17) is 9.47 Å². The van der Waals surface area contributed by atoms with Crippen LogP contribution in [0.25, 0.3) is 10.8 Å². The summed E-state index contributed by atoms with van der Waals surface area (Å²) in [4.78, 5) is 20.1. The lowest BCUT2D eigenvalue weighted by molar-refractivity contribution is 0.0728. The predicted octanol–water partition coefficient (Wildman–Crippen LogP) is 3.17. The summed E-state index contributed by atoms with van der Waals surface area (Å²) in [5.74, 6) is 0.670. The Balaban J connectivity index is 1.86. The summed E-state index contributed by atoms with van der Waals surface area (Å²) in [7, 11) is 1.61.